The molecule has 1 aliphatic rings. The smallest absolute Gasteiger partial charge is 0.160 e. The first-order valence-electron chi connectivity index (χ1n) is 17.5. The third-order valence-electron chi connectivity index (χ3n) is 11.0. The predicted molar refractivity (Wildman–Crippen MR) is 210 cm³/mol. The van der Waals surface area contributed by atoms with Crippen LogP contribution in [0, 0.1) is 0 Å². The number of rotatable bonds is 3. The Bertz CT molecular complexity index is 3040. The Hall–Kier alpha value is -6.52. The summed E-state index contributed by atoms with van der Waals surface area (Å²) in [7, 11) is 0. The monoisotopic (exact) mass is 653 g/mol. The molecular weight excluding hydrogens is 623 g/mol. The van der Waals surface area contributed by atoms with E-state index in [2.05, 4.69) is 146 Å². The highest BCUT2D eigenvalue weighted by Crippen LogP contribution is 2.53. The quantitative estimate of drug-likeness (QED) is 0.191. The van der Waals surface area contributed by atoms with E-state index in [1.165, 1.54) is 49.4 Å². The first-order chi connectivity index (χ1) is 25.0. The molecule has 240 valence electrons. The molecule has 0 bridgehead atoms. The molecule has 10 aromatic rings. The van der Waals surface area contributed by atoms with Gasteiger partial charge in [-0.05, 0) is 89.0 Å². The van der Waals surface area contributed by atoms with Crippen molar-refractivity contribution in [2.75, 3.05) is 0 Å². The van der Waals surface area contributed by atoms with Crippen LogP contribution >= 0.6 is 0 Å². The van der Waals surface area contributed by atoms with E-state index in [-0.39, 0.29) is 5.41 Å². The largest absolute Gasteiger partial charge is 0.456 e. The van der Waals surface area contributed by atoms with Gasteiger partial charge >= 0.3 is 0 Å². The number of furan rings is 1. The van der Waals surface area contributed by atoms with Gasteiger partial charge in [0.1, 0.15) is 11.2 Å². The molecule has 0 atom stereocenters. The molecule has 7 aromatic carbocycles. The van der Waals surface area contributed by atoms with Crippen LogP contribution in [0.25, 0.3) is 94.1 Å². The second-order valence-corrected chi connectivity index (χ2v) is 14.2. The molecule has 4 heteroatoms. The van der Waals surface area contributed by atoms with Crippen molar-refractivity contribution in [3.05, 3.63) is 163 Å². The second kappa shape index (κ2) is 10.3. The zero-order valence-corrected chi connectivity index (χ0v) is 28.2. The minimum absolute atomic E-state index is 0.193. The number of nitrogens with zero attached hydrogens (tertiary/aromatic N) is 3. The highest BCUT2D eigenvalue weighted by molar-refractivity contribution is 6.13. The van der Waals surface area contributed by atoms with Crippen molar-refractivity contribution < 1.29 is 4.42 Å². The van der Waals surface area contributed by atoms with Gasteiger partial charge in [0.05, 0.1) is 22.2 Å². The van der Waals surface area contributed by atoms with E-state index in [0.717, 1.165) is 55.8 Å². The minimum atomic E-state index is -0.193. The molecule has 1 aliphatic carbocycles. The summed E-state index contributed by atoms with van der Waals surface area (Å²) in [6, 6.07) is 53.9. The highest BCUT2D eigenvalue weighted by Gasteiger charge is 2.37. The molecule has 0 saturated carbocycles. The Morgan fingerprint density at radius 1 is 0.490 bits per heavy atom. The van der Waals surface area contributed by atoms with Crippen molar-refractivity contribution in [3.63, 3.8) is 0 Å². The van der Waals surface area contributed by atoms with E-state index in [4.69, 9.17) is 14.4 Å². The van der Waals surface area contributed by atoms with Crippen LogP contribution in [0.1, 0.15) is 25.0 Å². The predicted octanol–water partition coefficient (Wildman–Crippen LogP) is 12.3. The van der Waals surface area contributed by atoms with Crippen LogP contribution in [0.2, 0.25) is 0 Å². The maximum absolute atomic E-state index is 6.35. The number of para-hydroxylation sites is 3. The minimum Gasteiger partial charge on any atom is -0.456 e. The maximum Gasteiger partial charge on any atom is 0.160 e. The maximum atomic E-state index is 6.35. The lowest BCUT2D eigenvalue weighted by molar-refractivity contribution is 0.647. The fourth-order valence-corrected chi connectivity index (χ4v) is 8.47. The van der Waals surface area contributed by atoms with Crippen molar-refractivity contribution in [1.29, 1.82) is 0 Å². The molecule has 0 fully saturated rings. The number of hydrogen-bond donors (Lipinski definition) is 0. The van der Waals surface area contributed by atoms with Gasteiger partial charge in [-0.1, -0.05) is 98.8 Å². The normalized spacial score (nSPS) is 13.5. The van der Waals surface area contributed by atoms with Gasteiger partial charge in [0.2, 0.25) is 0 Å². The van der Waals surface area contributed by atoms with Crippen LogP contribution < -0.4 is 0 Å². The van der Waals surface area contributed by atoms with Gasteiger partial charge in [0.15, 0.2) is 5.82 Å². The molecule has 0 radical (unpaired) electrons. The SMILES string of the molecule is CC1(C)c2cc3oc4ccccc4c3cc2-c2cc3c4ccccc4n(-c4ccc(-c5nc(-c6ccccc6)c6ccccc6n5)cc4)c3cc21. The van der Waals surface area contributed by atoms with Gasteiger partial charge in [-0.15, -0.1) is 0 Å². The average Bonchev–Trinajstić information content (AvgIpc) is 3.78. The molecule has 0 N–H and O–H groups in total. The van der Waals surface area contributed by atoms with Crippen molar-refractivity contribution in [2.24, 2.45) is 0 Å². The molecule has 0 spiro atoms. The summed E-state index contributed by atoms with van der Waals surface area (Å²) in [5.41, 5.74) is 14.4. The molecule has 0 unspecified atom stereocenters. The molecule has 51 heavy (non-hydrogen) atoms. The molecule has 3 aromatic heterocycles. The topological polar surface area (TPSA) is 43.9 Å². The van der Waals surface area contributed by atoms with Crippen LogP contribution in [0.5, 0.6) is 0 Å². The van der Waals surface area contributed by atoms with Crippen molar-refractivity contribution in [2.45, 2.75) is 19.3 Å². The van der Waals surface area contributed by atoms with E-state index in [9.17, 15) is 0 Å². The summed E-state index contributed by atoms with van der Waals surface area (Å²) < 4.78 is 8.75. The van der Waals surface area contributed by atoms with Crippen LogP contribution in [-0.2, 0) is 5.41 Å². The zero-order chi connectivity index (χ0) is 33.8. The Morgan fingerprint density at radius 3 is 1.98 bits per heavy atom. The Labute approximate surface area is 294 Å². The summed E-state index contributed by atoms with van der Waals surface area (Å²) in [5.74, 6) is 0.720. The first kappa shape index (κ1) is 28.3. The first-order valence-corrected chi connectivity index (χ1v) is 17.5. The average molecular weight is 654 g/mol. The molecular formula is C47H31N3O. The highest BCUT2D eigenvalue weighted by atomic mass is 16.3. The number of benzene rings is 7. The van der Waals surface area contributed by atoms with Crippen molar-refractivity contribution >= 4 is 54.6 Å². The number of hydrogen-bond acceptors (Lipinski definition) is 3. The van der Waals surface area contributed by atoms with Gasteiger partial charge in [0.25, 0.3) is 0 Å². The zero-order valence-electron chi connectivity index (χ0n) is 28.2. The molecule has 3 heterocycles. The molecule has 4 nitrogen and oxygen atoms in total. The molecule has 0 aliphatic heterocycles. The lowest BCUT2D eigenvalue weighted by Crippen LogP contribution is -2.15. The number of fused-ring (bicyclic) bond motifs is 10. The molecule has 0 amide bonds. The Morgan fingerprint density at radius 2 is 1.16 bits per heavy atom. The van der Waals surface area contributed by atoms with Gasteiger partial charge < -0.3 is 8.98 Å². The van der Waals surface area contributed by atoms with Gasteiger partial charge in [-0.2, -0.15) is 0 Å². The summed E-state index contributed by atoms with van der Waals surface area (Å²) in [5, 5.41) is 5.87. The molecule has 0 saturated heterocycles. The van der Waals surface area contributed by atoms with E-state index in [1.54, 1.807) is 0 Å². The third-order valence-corrected chi connectivity index (χ3v) is 11.0. The van der Waals surface area contributed by atoms with E-state index in [1.807, 2.05) is 24.3 Å². The molecule has 11 rings (SSSR count). The van der Waals surface area contributed by atoms with Crippen molar-refractivity contribution in [3.8, 4) is 39.5 Å². The van der Waals surface area contributed by atoms with Gasteiger partial charge in [-0.25, -0.2) is 9.97 Å². The summed E-state index contributed by atoms with van der Waals surface area (Å²) in [6.45, 7) is 4.68. The fraction of sp³-hybridized carbons (Fsp3) is 0.0638. The Kier molecular flexibility index (Phi) is 5.70. The second-order valence-electron chi connectivity index (χ2n) is 14.2. The van der Waals surface area contributed by atoms with Crippen LogP contribution in [-0.4, -0.2) is 14.5 Å². The number of aromatic nitrogens is 3. The fourth-order valence-electron chi connectivity index (χ4n) is 8.47. The van der Waals surface area contributed by atoms with Crippen LogP contribution in [0.4, 0.5) is 0 Å². The van der Waals surface area contributed by atoms with E-state index in [0.29, 0.717) is 0 Å². The summed E-state index contributed by atoms with van der Waals surface area (Å²) >= 11 is 0. The van der Waals surface area contributed by atoms with Gasteiger partial charge in [0, 0.05) is 49.2 Å². The standard InChI is InChI=1S/C47H31N3O/c1-47(2)38-26-42-36(24-34(38)35-25-37-32-15-8-11-19-43(32)51-44(37)27-39(35)47)31-14-7-10-18-41(31)50(42)30-22-20-29(21-23-30)46-48-40-17-9-6-16-33(40)45(49-46)28-12-4-3-5-13-28/h3-27H,1-2H3. The van der Waals surface area contributed by atoms with Crippen molar-refractivity contribution in [1.82, 2.24) is 14.5 Å². The van der Waals surface area contributed by atoms with E-state index >= 15 is 0 Å². The van der Waals surface area contributed by atoms with Crippen LogP contribution in [0.3, 0.4) is 0 Å². The van der Waals surface area contributed by atoms with Crippen LogP contribution in [0.15, 0.2) is 156 Å². The lowest BCUT2D eigenvalue weighted by atomic mass is 9.82. The summed E-state index contributed by atoms with van der Waals surface area (Å²) in [4.78, 5) is 10.1. The van der Waals surface area contributed by atoms with E-state index < -0.39 is 0 Å². The summed E-state index contributed by atoms with van der Waals surface area (Å²) in [6.07, 6.45) is 0. The van der Waals surface area contributed by atoms with Gasteiger partial charge in [-0.3, -0.25) is 0 Å². The third kappa shape index (κ3) is 4.02. The lowest BCUT2D eigenvalue weighted by Gasteiger charge is -2.21. The Balaban J connectivity index is 1.08.